The Kier molecular flexibility index (Phi) is 5.27. The van der Waals surface area contributed by atoms with Gasteiger partial charge < -0.3 is 9.47 Å². The molecule has 0 bridgehead atoms. The number of carbonyl (C=O) groups excluding carboxylic acids is 2. The Morgan fingerprint density at radius 1 is 0.846 bits per heavy atom. The number of nitrogens with zero attached hydrogens (tertiary/aromatic N) is 1. The molecule has 0 N–H and O–H groups in total. The van der Waals surface area contributed by atoms with Crippen LogP contribution in [0, 0.1) is 0 Å². The summed E-state index contributed by atoms with van der Waals surface area (Å²) >= 11 is 0. The molecule has 0 saturated carbocycles. The van der Waals surface area contributed by atoms with Crippen LogP contribution in [0.15, 0.2) is 54.7 Å². The number of hydrogen-bond acceptors (Lipinski definition) is 5. The largest absolute Gasteiger partial charge is 0.462 e. The van der Waals surface area contributed by atoms with Crippen LogP contribution in [0.5, 0.6) is 0 Å². The molecular weight excluding hydrogens is 330 g/mol. The Hall–Kier alpha value is -3.21. The molecule has 0 fully saturated rings. The molecule has 5 heteroatoms. The number of esters is 2. The lowest BCUT2D eigenvalue weighted by molar-refractivity contribution is 0.0516. The second-order valence-corrected chi connectivity index (χ2v) is 5.55. The first-order valence-electron chi connectivity index (χ1n) is 8.48. The zero-order valence-corrected chi connectivity index (χ0v) is 14.7. The van der Waals surface area contributed by atoms with Gasteiger partial charge in [0.15, 0.2) is 0 Å². The van der Waals surface area contributed by atoms with Gasteiger partial charge in [0, 0.05) is 17.1 Å². The molecule has 5 nitrogen and oxygen atoms in total. The van der Waals surface area contributed by atoms with Crippen LogP contribution >= 0.6 is 0 Å². The van der Waals surface area contributed by atoms with Crippen molar-refractivity contribution in [3.8, 4) is 11.1 Å². The van der Waals surface area contributed by atoms with E-state index in [-0.39, 0.29) is 13.2 Å². The molecule has 1 heterocycles. The molecule has 0 spiro atoms. The highest BCUT2D eigenvalue weighted by Gasteiger charge is 2.22. The number of ether oxygens (including phenoxy) is 2. The predicted octanol–water partition coefficient (Wildman–Crippen LogP) is 4.26. The van der Waals surface area contributed by atoms with E-state index in [0.717, 1.165) is 5.56 Å². The molecule has 0 aliphatic heterocycles. The third-order valence-electron chi connectivity index (χ3n) is 3.95. The Labute approximate surface area is 151 Å². The molecule has 0 amide bonds. The molecule has 2 aromatic carbocycles. The zero-order chi connectivity index (χ0) is 18.5. The number of benzene rings is 2. The number of hydrogen-bond donors (Lipinski definition) is 0. The Morgan fingerprint density at radius 3 is 2.15 bits per heavy atom. The van der Waals surface area contributed by atoms with Crippen LogP contribution in [0.1, 0.15) is 34.6 Å². The molecule has 3 rings (SSSR count). The Balaban J connectivity index is 2.37. The van der Waals surface area contributed by atoms with E-state index < -0.39 is 11.9 Å². The molecule has 26 heavy (non-hydrogen) atoms. The van der Waals surface area contributed by atoms with Crippen molar-refractivity contribution in [3.05, 3.63) is 65.9 Å². The summed E-state index contributed by atoms with van der Waals surface area (Å²) in [5.41, 5.74) is 2.74. The van der Waals surface area contributed by atoms with Crippen molar-refractivity contribution < 1.29 is 19.1 Å². The maximum Gasteiger partial charge on any atom is 0.340 e. The van der Waals surface area contributed by atoms with Crippen LogP contribution in [0.25, 0.3) is 22.0 Å². The minimum Gasteiger partial charge on any atom is -0.462 e. The summed E-state index contributed by atoms with van der Waals surface area (Å²) in [5, 5.41) is 0.586. The fourth-order valence-corrected chi connectivity index (χ4v) is 2.89. The first kappa shape index (κ1) is 17.6. The Morgan fingerprint density at radius 2 is 1.50 bits per heavy atom. The summed E-state index contributed by atoms with van der Waals surface area (Å²) in [5.74, 6) is -0.919. The second kappa shape index (κ2) is 7.78. The van der Waals surface area contributed by atoms with E-state index in [0.29, 0.717) is 27.6 Å². The van der Waals surface area contributed by atoms with Crippen molar-refractivity contribution in [2.45, 2.75) is 13.8 Å². The van der Waals surface area contributed by atoms with Crippen molar-refractivity contribution >= 4 is 22.8 Å². The maximum atomic E-state index is 12.5. The lowest BCUT2D eigenvalue weighted by atomic mass is 9.93. The molecular formula is C21H19NO4. The first-order chi connectivity index (χ1) is 12.7. The van der Waals surface area contributed by atoms with Crippen LogP contribution in [0.4, 0.5) is 0 Å². The molecule has 1 aromatic heterocycles. The highest BCUT2D eigenvalue weighted by molar-refractivity contribution is 6.14. The van der Waals surface area contributed by atoms with Gasteiger partial charge in [0.1, 0.15) is 0 Å². The molecule has 3 aromatic rings. The summed E-state index contributed by atoms with van der Waals surface area (Å²) in [4.78, 5) is 29.4. The summed E-state index contributed by atoms with van der Waals surface area (Å²) in [6.45, 7) is 4.02. The number of rotatable bonds is 5. The van der Waals surface area contributed by atoms with E-state index in [1.54, 1.807) is 32.0 Å². The Bertz CT molecular complexity index is 951. The van der Waals surface area contributed by atoms with E-state index in [9.17, 15) is 9.59 Å². The number of fused-ring (bicyclic) bond motifs is 1. The lowest BCUT2D eigenvalue weighted by Gasteiger charge is -2.14. The molecule has 0 unspecified atom stereocenters. The van der Waals surface area contributed by atoms with Gasteiger partial charge in [0.05, 0.1) is 29.9 Å². The van der Waals surface area contributed by atoms with Crippen molar-refractivity contribution in [3.63, 3.8) is 0 Å². The normalized spacial score (nSPS) is 10.5. The highest BCUT2D eigenvalue weighted by Crippen LogP contribution is 2.34. The average Bonchev–Trinajstić information content (AvgIpc) is 2.67. The SMILES string of the molecule is CCOC(=O)c1cnc2cccc(C(=O)OCC)c2c1-c1ccccc1. The first-order valence-corrected chi connectivity index (χ1v) is 8.48. The van der Waals surface area contributed by atoms with E-state index in [1.807, 2.05) is 30.3 Å². The van der Waals surface area contributed by atoms with Gasteiger partial charge >= 0.3 is 11.9 Å². The van der Waals surface area contributed by atoms with Crippen LogP contribution in [-0.4, -0.2) is 30.1 Å². The number of carbonyl (C=O) groups is 2. The van der Waals surface area contributed by atoms with E-state index in [4.69, 9.17) is 9.47 Å². The summed E-state index contributed by atoms with van der Waals surface area (Å²) in [7, 11) is 0. The quantitative estimate of drug-likeness (QED) is 0.644. The smallest absolute Gasteiger partial charge is 0.340 e. The summed E-state index contributed by atoms with van der Waals surface area (Å²) < 4.78 is 10.4. The van der Waals surface area contributed by atoms with Gasteiger partial charge in [-0.05, 0) is 31.5 Å². The van der Waals surface area contributed by atoms with Crippen molar-refractivity contribution in [2.24, 2.45) is 0 Å². The molecule has 0 aliphatic carbocycles. The lowest BCUT2D eigenvalue weighted by Crippen LogP contribution is -2.10. The van der Waals surface area contributed by atoms with Gasteiger partial charge in [-0.15, -0.1) is 0 Å². The van der Waals surface area contributed by atoms with Crippen molar-refractivity contribution in [2.75, 3.05) is 13.2 Å². The molecule has 0 saturated heterocycles. The monoisotopic (exact) mass is 349 g/mol. The van der Waals surface area contributed by atoms with Gasteiger partial charge in [0.2, 0.25) is 0 Å². The number of aromatic nitrogens is 1. The fraction of sp³-hybridized carbons (Fsp3) is 0.190. The summed E-state index contributed by atoms with van der Waals surface area (Å²) in [6.07, 6.45) is 1.50. The predicted molar refractivity (Wildman–Crippen MR) is 99.1 cm³/mol. The van der Waals surface area contributed by atoms with Crippen molar-refractivity contribution in [1.29, 1.82) is 0 Å². The van der Waals surface area contributed by atoms with Gasteiger partial charge in [-0.25, -0.2) is 9.59 Å². The van der Waals surface area contributed by atoms with E-state index in [1.165, 1.54) is 6.20 Å². The molecule has 132 valence electrons. The van der Waals surface area contributed by atoms with Crippen LogP contribution in [0.2, 0.25) is 0 Å². The minimum atomic E-state index is -0.473. The van der Waals surface area contributed by atoms with Crippen LogP contribution < -0.4 is 0 Å². The zero-order valence-electron chi connectivity index (χ0n) is 14.7. The van der Waals surface area contributed by atoms with Gasteiger partial charge in [0.25, 0.3) is 0 Å². The highest BCUT2D eigenvalue weighted by atomic mass is 16.5. The number of pyridine rings is 1. The van der Waals surface area contributed by atoms with Gasteiger partial charge in [-0.2, -0.15) is 0 Å². The second-order valence-electron chi connectivity index (χ2n) is 5.55. The third-order valence-corrected chi connectivity index (χ3v) is 3.95. The van der Waals surface area contributed by atoms with E-state index in [2.05, 4.69) is 4.98 Å². The van der Waals surface area contributed by atoms with Crippen LogP contribution in [-0.2, 0) is 9.47 Å². The van der Waals surface area contributed by atoms with E-state index >= 15 is 0 Å². The topological polar surface area (TPSA) is 65.5 Å². The fourth-order valence-electron chi connectivity index (χ4n) is 2.89. The average molecular weight is 349 g/mol. The maximum absolute atomic E-state index is 12.5. The molecule has 0 aliphatic rings. The van der Waals surface area contributed by atoms with Crippen LogP contribution in [0.3, 0.4) is 0 Å². The summed E-state index contributed by atoms with van der Waals surface area (Å²) in [6, 6.07) is 14.7. The standard InChI is InChI=1S/C21H19NO4/c1-3-25-20(23)15-11-8-12-17-19(15)18(14-9-6-5-7-10-14)16(13-22-17)21(24)26-4-2/h5-13H,3-4H2,1-2H3. The molecule has 0 atom stereocenters. The van der Waals surface area contributed by atoms with Crippen molar-refractivity contribution in [1.82, 2.24) is 4.98 Å². The molecule has 0 radical (unpaired) electrons. The third kappa shape index (κ3) is 3.28. The van der Waals surface area contributed by atoms with Gasteiger partial charge in [-0.3, -0.25) is 4.98 Å². The van der Waals surface area contributed by atoms with Gasteiger partial charge in [-0.1, -0.05) is 36.4 Å². The minimum absolute atomic E-state index is 0.255.